The van der Waals surface area contributed by atoms with Crippen LogP contribution in [-0.4, -0.2) is 66.1 Å². The van der Waals surface area contributed by atoms with Gasteiger partial charge in [-0.3, -0.25) is 0 Å². The number of nitrogens with one attached hydrogen (secondary N) is 1. The lowest BCUT2D eigenvalue weighted by Gasteiger charge is -2.32. The maximum absolute atomic E-state index is 6.00. The molecule has 0 saturated carbocycles. The van der Waals surface area contributed by atoms with E-state index in [0.29, 0.717) is 5.28 Å². The Labute approximate surface area is 142 Å². The van der Waals surface area contributed by atoms with E-state index in [-0.39, 0.29) is 0 Å². The third-order valence-corrected chi connectivity index (χ3v) is 4.53. The maximum atomic E-state index is 6.00. The second-order valence-electron chi connectivity index (χ2n) is 6.14. The molecule has 0 bridgehead atoms. The zero-order chi connectivity index (χ0) is 16.1. The number of unbranched alkanes of at least 4 members (excludes halogenated alkanes) is 1. The molecule has 1 aromatic heterocycles. The van der Waals surface area contributed by atoms with E-state index in [4.69, 9.17) is 11.6 Å². The minimum atomic E-state index is 0.295. The van der Waals surface area contributed by atoms with Crippen LogP contribution in [0.1, 0.15) is 12.8 Å². The Morgan fingerprint density at radius 2 is 1.87 bits per heavy atom. The van der Waals surface area contributed by atoms with E-state index in [0.717, 1.165) is 29.7 Å². The third-order valence-electron chi connectivity index (χ3n) is 4.37. The molecule has 1 aliphatic rings. The quantitative estimate of drug-likeness (QED) is 0.650. The summed E-state index contributed by atoms with van der Waals surface area (Å²) in [5.74, 6) is 0.834. The Morgan fingerprint density at radius 1 is 1.09 bits per heavy atom. The Kier molecular flexibility index (Phi) is 5.65. The van der Waals surface area contributed by atoms with Crippen molar-refractivity contribution >= 4 is 28.3 Å². The molecule has 1 aliphatic heterocycles. The van der Waals surface area contributed by atoms with Crippen molar-refractivity contribution in [1.82, 2.24) is 19.8 Å². The number of benzene rings is 1. The van der Waals surface area contributed by atoms with Crippen LogP contribution in [0.4, 0.5) is 5.82 Å². The van der Waals surface area contributed by atoms with Gasteiger partial charge >= 0.3 is 0 Å². The average molecular weight is 334 g/mol. The predicted molar refractivity (Wildman–Crippen MR) is 96.2 cm³/mol. The number of halogens is 1. The summed E-state index contributed by atoms with van der Waals surface area (Å²) in [5, 5.41) is 4.73. The van der Waals surface area contributed by atoms with E-state index >= 15 is 0 Å². The van der Waals surface area contributed by atoms with Gasteiger partial charge in [0.05, 0.1) is 5.52 Å². The van der Waals surface area contributed by atoms with Crippen molar-refractivity contribution in [3.05, 3.63) is 29.5 Å². The third kappa shape index (κ3) is 4.53. The second-order valence-corrected chi connectivity index (χ2v) is 6.48. The van der Waals surface area contributed by atoms with Gasteiger partial charge in [0.15, 0.2) is 0 Å². The Balaban J connectivity index is 1.46. The summed E-state index contributed by atoms with van der Waals surface area (Å²) < 4.78 is 0. The highest BCUT2D eigenvalue weighted by Crippen LogP contribution is 2.21. The van der Waals surface area contributed by atoms with Gasteiger partial charge in [-0.25, -0.2) is 9.97 Å². The highest BCUT2D eigenvalue weighted by atomic mass is 35.5. The number of likely N-dealkylation sites (N-methyl/N-ethyl adjacent to an activating group) is 1. The largest absolute Gasteiger partial charge is 0.369 e. The lowest BCUT2D eigenvalue weighted by Crippen LogP contribution is -2.44. The summed E-state index contributed by atoms with van der Waals surface area (Å²) in [6.07, 6.45) is 2.33. The fourth-order valence-electron chi connectivity index (χ4n) is 2.92. The minimum Gasteiger partial charge on any atom is -0.369 e. The summed E-state index contributed by atoms with van der Waals surface area (Å²) in [5.41, 5.74) is 0.882. The normalized spacial score (nSPS) is 16.8. The molecular formula is C17H24ClN5. The molecule has 1 saturated heterocycles. The van der Waals surface area contributed by atoms with Crippen LogP contribution in [0, 0.1) is 0 Å². The van der Waals surface area contributed by atoms with Crippen LogP contribution in [0.5, 0.6) is 0 Å². The highest BCUT2D eigenvalue weighted by molar-refractivity contribution is 6.28. The standard InChI is InChI=1S/C17H24ClN5/c1-22-10-12-23(13-11-22)9-5-4-8-19-16-14-6-2-3-7-15(14)20-17(18)21-16/h2-3,6-7H,4-5,8-13H2,1H3,(H,19,20,21). The lowest BCUT2D eigenvalue weighted by atomic mass is 10.2. The van der Waals surface area contributed by atoms with Gasteiger partial charge in [-0.15, -0.1) is 0 Å². The fraction of sp³-hybridized carbons (Fsp3) is 0.529. The number of rotatable bonds is 6. The zero-order valence-electron chi connectivity index (χ0n) is 13.6. The van der Waals surface area contributed by atoms with E-state index in [1.54, 1.807) is 0 Å². The summed E-state index contributed by atoms with van der Waals surface area (Å²) in [6, 6.07) is 7.95. The first kappa shape index (κ1) is 16.4. The molecule has 0 unspecified atom stereocenters. The summed E-state index contributed by atoms with van der Waals surface area (Å²) in [6.45, 7) is 6.84. The van der Waals surface area contributed by atoms with Crippen LogP contribution in [0.3, 0.4) is 0 Å². The first-order valence-electron chi connectivity index (χ1n) is 8.29. The van der Waals surface area contributed by atoms with Crippen molar-refractivity contribution in [3.63, 3.8) is 0 Å². The fourth-order valence-corrected chi connectivity index (χ4v) is 3.10. The maximum Gasteiger partial charge on any atom is 0.224 e. The van der Waals surface area contributed by atoms with E-state index in [9.17, 15) is 0 Å². The molecule has 0 atom stereocenters. The molecule has 2 aromatic rings. The van der Waals surface area contributed by atoms with E-state index in [2.05, 4.69) is 32.1 Å². The Hall–Kier alpha value is -1.43. The molecule has 1 aromatic carbocycles. The molecule has 23 heavy (non-hydrogen) atoms. The first-order chi connectivity index (χ1) is 11.2. The molecule has 0 radical (unpaired) electrons. The van der Waals surface area contributed by atoms with Gasteiger partial charge in [-0.2, -0.15) is 0 Å². The van der Waals surface area contributed by atoms with Gasteiger partial charge in [0, 0.05) is 38.1 Å². The predicted octanol–water partition coefficient (Wildman–Crippen LogP) is 2.72. The Bertz CT molecular complexity index is 640. The molecule has 1 N–H and O–H groups in total. The van der Waals surface area contributed by atoms with Crippen molar-refractivity contribution in [2.45, 2.75) is 12.8 Å². The molecule has 5 nitrogen and oxygen atoms in total. The van der Waals surface area contributed by atoms with Gasteiger partial charge in [-0.05, 0) is 50.2 Å². The lowest BCUT2D eigenvalue weighted by molar-refractivity contribution is 0.152. The zero-order valence-corrected chi connectivity index (χ0v) is 14.4. The van der Waals surface area contributed by atoms with Crippen LogP contribution < -0.4 is 5.32 Å². The highest BCUT2D eigenvalue weighted by Gasteiger charge is 2.12. The molecule has 0 aliphatic carbocycles. The van der Waals surface area contributed by atoms with E-state index in [1.165, 1.54) is 39.1 Å². The van der Waals surface area contributed by atoms with Crippen molar-refractivity contribution in [3.8, 4) is 0 Å². The van der Waals surface area contributed by atoms with Crippen molar-refractivity contribution in [2.75, 3.05) is 51.6 Å². The second kappa shape index (κ2) is 7.90. The molecule has 0 spiro atoms. The minimum absolute atomic E-state index is 0.295. The monoisotopic (exact) mass is 333 g/mol. The van der Waals surface area contributed by atoms with Crippen LogP contribution >= 0.6 is 11.6 Å². The number of hydrogen-bond donors (Lipinski definition) is 1. The van der Waals surface area contributed by atoms with E-state index in [1.807, 2.05) is 24.3 Å². The molecule has 124 valence electrons. The van der Waals surface area contributed by atoms with Crippen LogP contribution in [0.2, 0.25) is 5.28 Å². The van der Waals surface area contributed by atoms with Crippen molar-refractivity contribution in [1.29, 1.82) is 0 Å². The van der Waals surface area contributed by atoms with Crippen molar-refractivity contribution < 1.29 is 0 Å². The van der Waals surface area contributed by atoms with Gasteiger partial charge in [0.2, 0.25) is 5.28 Å². The van der Waals surface area contributed by atoms with Gasteiger partial charge in [0.1, 0.15) is 5.82 Å². The number of aromatic nitrogens is 2. The van der Waals surface area contributed by atoms with E-state index < -0.39 is 0 Å². The van der Waals surface area contributed by atoms with Crippen LogP contribution in [0.25, 0.3) is 10.9 Å². The molecule has 2 heterocycles. The van der Waals surface area contributed by atoms with Crippen LogP contribution in [0.15, 0.2) is 24.3 Å². The first-order valence-corrected chi connectivity index (χ1v) is 8.67. The molecule has 1 fully saturated rings. The Morgan fingerprint density at radius 3 is 2.70 bits per heavy atom. The molecule has 3 rings (SSSR count). The summed E-state index contributed by atoms with van der Waals surface area (Å²) in [4.78, 5) is 13.5. The SMILES string of the molecule is CN1CCN(CCCCNc2nc(Cl)nc3ccccc23)CC1. The number of hydrogen-bond acceptors (Lipinski definition) is 5. The number of para-hydroxylation sites is 1. The smallest absolute Gasteiger partial charge is 0.224 e. The number of fused-ring (bicyclic) bond motifs is 1. The van der Waals surface area contributed by atoms with Crippen molar-refractivity contribution in [2.24, 2.45) is 0 Å². The molecule has 0 amide bonds. The number of anilines is 1. The van der Waals surface area contributed by atoms with Crippen LogP contribution in [-0.2, 0) is 0 Å². The number of piperazine rings is 1. The topological polar surface area (TPSA) is 44.3 Å². The average Bonchev–Trinajstić information content (AvgIpc) is 2.56. The molecule has 6 heteroatoms. The molecular weight excluding hydrogens is 310 g/mol. The number of nitrogens with zero attached hydrogens (tertiary/aromatic N) is 4. The summed E-state index contributed by atoms with van der Waals surface area (Å²) >= 11 is 6.00. The van der Waals surface area contributed by atoms with Gasteiger partial charge in [-0.1, -0.05) is 12.1 Å². The van der Waals surface area contributed by atoms with Gasteiger partial charge < -0.3 is 15.1 Å². The van der Waals surface area contributed by atoms with Gasteiger partial charge in [0.25, 0.3) is 0 Å². The summed E-state index contributed by atoms with van der Waals surface area (Å²) in [7, 11) is 2.19.